The molecule has 2 aliphatic heterocycles. The van der Waals surface area contributed by atoms with E-state index < -0.39 is 5.91 Å². The van der Waals surface area contributed by atoms with Crippen LogP contribution in [0.4, 0.5) is 0 Å². The minimum atomic E-state index is -0.438. The van der Waals surface area contributed by atoms with Crippen LogP contribution in [0.1, 0.15) is 21.5 Å². The van der Waals surface area contributed by atoms with Crippen molar-refractivity contribution in [1.82, 2.24) is 0 Å². The molecule has 2 aliphatic rings. The monoisotopic (exact) mass is 283 g/mol. The number of carbonyl (C=O) groups is 1. The van der Waals surface area contributed by atoms with Crippen molar-refractivity contribution in [1.29, 1.82) is 0 Å². The summed E-state index contributed by atoms with van der Waals surface area (Å²) in [6, 6.07) is 0. The lowest BCUT2D eigenvalue weighted by atomic mass is 9.99. The summed E-state index contributed by atoms with van der Waals surface area (Å²) in [6.07, 6.45) is 1.50. The molecule has 16 heavy (non-hydrogen) atoms. The van der Waals surface area contributed by atoms with Crippen molar-refractivity contribution < 1.29 is 14.3 Å². The van der Waals surface area contributed by atoms with Gasteiger partial charge in [0, 0.05) is 24.0 Å². The van der Waals surface area contributed by atoms with Crippen molar-refractivity contribution >= 4 is 21.8 Å². The van der Waals surface area contributed by atoms with Gasteiger partial charge in [0.05, 0.1) is 23.2 Å². The second-order valence-electron chi connectivity index (χ2n) is 3.87. The first-order chi connectivity index (χ1) is 7.70. The molecule has 0 saturated heterocycles. The van der Waals surface area contributed by atoms with E-state index in [1.807, 2.05) is 0 Å². The Morgan fingerprint density at radius 1 is 1.12 bits per heavy atom. The van der Waals surface area contributed by atoms with Gasteiger partial charge >= 0.3 is 0 Å². The number of amides is 1. The van der Waals surface area contributed by atoms with Crippen LogP contribution in [-0.2, 0) is 12.8 Å². The number of carbonyl (C=O) groups excluding carboxylic acids is 1. The Balaban J connectivity index is 2.36. The number of rotatable bonds is 1. The summed E-state index contributed by atoms with van der Waals surface area (Å²) in [4.78, 5) is 11.5. The highest BCUT2D eigenvalue weighted by Gasteiger charge is 2.32. The number of nitrogens with two attached hydrogens (primary N) is 1. The number of fused-ring (bicyclic) bond motifs is 2. The zero-order valence-electron chi connectivity index (χ0n) is 8.51. The highest BCUT2D eigenvalue weighted by Crippen LogP contribution is 2.46. The zero-order chi connectivity index (χ0) is 11.3. The van der Waals surface area contributed by atoms with E-state index >= 15 is 0 Å². The second kappa shape index (κ2) is 3.38. The molecule has 0 spiro atoms. The van der Waals surface area contributed by atoms with Gasteiger partial charge < -0.3 is 15.2 Å². The fourth-order valence-electron chi connectivity index (χ4n) is 2.31. The van der Waals surface area contributed by atoms with Gasteiger partial charge in [0.1, 0.15) is 11.5 Å². The molecule has 1 amide bonds. The van der Waals surface area contributed by atoms with Crippen LogP contribution >= 0.6 is 15.9 Å². The number of ether oxygens (including phenoxy) is 2. The standard InChI is InChI=1S/C11H10BrNO3/c12-8-6-2-4-15-9(6)7(11(13)14)5-1-3-16-10(5)8/h1-4H2,(H2,13,14). The lowest BCUT2D eigenvalue weighted by molar-refractivity contribution is 0.0996. The Morgan fingerprint density at radius 2 is 1.75 bits per heavy atom. The Hall–Kier alpha value is -1.23. The predicted molar refractivity (Wildman–Crippen MR) is 61.1 cm³/mol. The molecule has 2 N–H and O–H groups in total. The number of halogens is 1. The maximum Gasteiger partial charge on any atom is 0.252 e. The fraction of sp³-hybridized carbons (Fsp3) is 0.364. The van der Waals surface area contributed by atoms with E-state index in [1.165, 1.54) is 0 Å². The summed E-state index contributed by atoms with van der Waals surface area (Å²) in [5.41, 5.74) is 7.79. The quantitative estimate of drug-likeness (QED) is 0.848. The van der Waals surface area contributed by atoms with Crippen LogP contribution in [0.5, 0.6) is 11.5 Å². The Bertz CT molecular complexity index is 463. The average molecular weight is 284 g/mol. The molecule has 0 radical (unpaired) electrons. The maximum atomic E-state index is 11.5. The van der Waals surface area contributed by atoms with Crippen LogP contribution in [0.25, 0.3) is 0 Å². The van der Waals surface area contributed by atoms with E-state index in [2.05, 4.69) is 15.9 Å². The number of hydrogen-bond acceptors (Lipinski definition) is 3. The van der Waals surface area contributed by atoms with Gasteiger partial charge in [0.15, 0.2) is 0 Å². The van der Waals surface area contributed by atoms with Crippen LogP contribution in [0.2, 0.25) is 0 Å². The summed E-state index contributed by atoms with van der Waals surface area (Å²) in [6.45, 7) is 1.19. The summed E-state index contributed by atoms with van der Waals surface area (Å²) in [5.74, 6) is 0.967. The van der Waals surface area contributed by atoms with Gasteiger partial charge in [0.25, 0.3) is 5.91 Å². The lowest BCUT2D eigenvalue weighted by Crippen LogP contribution is -2.15. The SMILES string of the molecule is NC(=O)c1c2c(c(Br)c3c1OCC3)OCC2. The van der Waals surface area contributed by atoms with Gasteiger partial charge in [-0.05, 0) is 15.9 Å². The third-order valence-electron chi connectivity index (χ3n) is 2.98. The summed E-state index contributed by atoms with van der Waals surface area (Å²) in [5, 5.41) is 0. The average Bonchev–Trinajstić information content (AvgIpc) is 2.84. The summed E-state index contributed by atoms with van der Waals surface area (Å²) in [7, 11) is 0. The molecule has 4 nitrogen and oxygen atoms in total. The molecule has 84 valence electrons. The Kier molecular flexibility index (Phi) is 2.10. The predicted octanol–water partition coefficient (Wildman–Crippen LogP) is 1.42. The Morgan fingerprint density at radius 3 is 2.44 bits per heavy atom. The molecule has 0 aliphatic carbocycles. The molecule has 3 rings (SSSR count). The van der Waals surface area contributed by atoms with Crippen LogP contribution in [0.15, 0.2) is 4.47 Å². The van der Waals surface area contributed by atoms with E-state index in [9.17, 15) is 4.79 Å². The summed E-state index contributed by atoms with van der Waals surface area (Å²) < 4.78 is 12.0. The van der Waals surface area contributed by atoms with E-state index in [-0.39, 0.29) is 0 Å². The van der Waals surface area contributed by atoms with Gasteiger partial charge in [-0.3, -0.25) is 4.79 Å². The van der Waals surface area contributed by atoms with Crippen LogP contribution < -0.4 is 15.2 Å². The molecule has 0 fully saturated rings. The van der Waals surface area contributed by atoms with Crippen LogP contribution in [0, 0.1) is 0 Å². The first-order valence-corrected chi connectivity index (χ1v) is 5.92. The molecule has 0 atom stereocenters. The Labute approximate surface area is 101 Å². The molecule has 2 heterocycles. The molecular formula is C11H10BrNO3. The first-order valence-electron chi connectivity index (χ1n) is 5.12. The zero-order valence-corrected chi connectivity index (χ0v) is 10.1. The van der Waals surface area contributed by atoms with Crippen molar-refractivity contribution in [3.8, 4) is 11.5 Å². The topological polar surface area (TPSA) is 61.6 Å². The molecule has 0 unspecified atom stereocenters. The number of primary amides is 1. The van der Waals surface area contributed by atoms with Gasteiger partial charge in [-0.2, -0.15) is 0 Å². The molecule has 1 aromatic rings. The molecule has 0 saturated carbocycles. The third kappa shape index (κ3) is 1.18. The minimum Gasteiger partial charge on any atom is -0.492 e. The maximum absolute atomic E-state index is 11.5. The molecule has 0 aromatic heterocycles. The minimum absolute atomic E-state index is 0.438. The van der Waals surface area contributed by atoms with Crippen LogP contribution in [-0.4, -0.2) is 19.1 Å². The summed E-state index contributed by atoms with van der Waals surface area (Å²) >= 11 is 3.51. The van der Waals surface area contributed by atoms with E-state index in [0.717, 1.165) is 27.8 Å². The number of benzene rings is 1. The second-order valence-corrected chi connectivity index (χ2v) is 4.66. The number of hydrogen-bond donors (Lipinski definition) is 1. The van der Waals surface area contributed by atoms with Gasteiger partial charge in [0.2, 0.25) is 0 Å². The van der Waals surface area contributed by atoms with Crippen molar-refractivity contribution in [3.63, 3.8) is 0 Å². The van der Waals surface area contributed by atoms with Crippen molar-refractivity contribution in [3.05, 3.63) is 21.2 Å². The molecular weight excluding hydrogens is 274 g/mol. The van der Waals surface area contributed by atoms with Gasteiger partial charge in [-0.15, -0.1) is 0 Å². The molecule has 0 bridgehead atoms. The smallest absolute Gasteiger partial charge is 0.252 e. The highest BCUT2D eigenvalue weighted by atomic mass is 79.9. The van der Waals surface area contributed by atoms with E-state index in [1.54, 1.807) is 0 Å². The third-order valence-corrected chi connectivity index (χ3v) is 3.82. The van der Waals surface area contributed by atoms with E-state index in [0.29, 0.717) is 30.9 Å². The normalized spacial score (nSPS) is 16.3. The molecule has 1 aromatic carbocycles. The van der Waals surface area contributed by atoms with Crippen molar-refractivity contribution in [2.24, 2.45) is 5.73 Å². The van der Waals surface area contributed by atoms with Gasteiger partial charge in [-0.25, -0.2) is 0 Å². The fourth-order valence-corrected chi connectivity index (χ4v) is 3.05. The molecule has 5 heteroatoms. The van der Waals surface area contributed by atoms with E-state index in [4.69, 9.17) is 15.2 Å². The van der Waals surface area contributed by atoms with Crippen molar-refractivity contribution in [2.75, 3.05) is 13.2 Å². The van der Waals surface area contributed by atoms with Crippen molar-refractivity contribution in [2.45, 2.75) is 12.8 Å². The van der Waals surface area contributed by atoms with Gasteiger partial charge in [-0.1, -0.05) is 0 Å². The lowest BCUT2D eigenvalue weighted by Gasteiger charge is -2.12. The highest BCUT2D eigenvalue weighted by molar-refractivity contribution is 9.10. The van der Waals surface area contributed by atoms with Crippen LogP contribution in [0.3, 0.4) is 0 Å². The first kappa shape index (κ1) is 9.96. The largest absolute Gasteiger partial charge is 0.492 e.